The average molecular weight is 194 g/mol. The first kappa shape index (κ1) is 9.51. The molecule has 0 nitrogen and oxygen atoms in total. The molecule has 2 rings (SSSR count). The zero-order chi connectivity index (χ0) is 9.47. The van der Waals surface area contributed by atoms with Crippen LogP contribution in [0.2, 0.25) is 25.7 Å². The van der Waals surface area contributed by atoms with Crippen molar-refractivity contribution in [3.63, 3.8) is 0 Å². The van der Waals surface area contributed by atoms with Crippen molar-refractivity contribution < 1.29 is 0 Å². The van der Waals surface area contributed by atoms with Gasteiger partial charge in [0.1, 0.15) is 0 Å². The molecule has 0 spiro atoms. The maximum absolute atomic E-state index is 2.63. The fraction of sp³-hybridized carbons (Fsp3) is 0.833. The molecule has 0 heterocycles. The molecule has 0 aromatic heterocycles. The van der Waals surface area contributed by atoms with Gasteiger partial charge in [-0.05, 0) is 43.6 Å². The molecule has 2 aliphatic rings. The van der Waals surface area contributed by atoms with E-state index in [4.69, 9.17) is 0 Å². The first-order valence-corrected chi connectivity index (χ1v) is 9.47. The second kappa shape index (κ2) is 3.27. The molecule has 0 atom stereocenters. The van der Waals surface area contributed by atoms with Gasteiger partial charge in [0.25, 0.3) is 0 Å². The minimum atomic E-state index is -0.833. The van der Waals surface area contributed by atoms with E-state index in [9.17, 15) is 0 Å². The van der Waals surface area contributed by atoms with E-state index < -0.39 is 8.07 Å². The highest BCUT2D eigenvalue weighted by atomic mass is 28.3. The van der Waals surface area contributed by atoms with Crippen molar-refractivity contribution in [3.05, 3.63) is 11.6 Å². The molecule has 1 heteroatoms. The van der Waals surface area contributed by atoms with Crippen LogP contribution in [0.3, 0.4) is 0 Å². The molecule has 0 radical (unpaired) electrons. The maximum atomic E-state index is 2.63. The highest BCUT2D eigenvalue weighted by Gasteiger charge is 2.36. The zero-order valence-electron chi connectivity index (χ0n) is 9.27. The Bertz CT molecular complexity index is 200. The molecule has 74 valence electrons. The van der Waals surface area contributed by atoms with Gasteiger partial charge in [0, 0.05) is 8.07 Å². The summed E-state index contributed by atoms with van der Waals surface area (Å²) in [6.07, 6.45) is 8.60. The van der Waals surface area contributed by atoms with Crippen LogP contribution in [-0.2, 0) is 0 Å². The first-order valence-electron chi connectivity index (χ1n) is 5.76. The summed E-state index contributed by atoms with van der Waals surface area (Å²) in [6, 6.07) is 1.41. The third kappa shape index (κ3) is 2.98. The van der Waals surface area contributed by atoms with E-state index in [1.807, 2.05) is 5.57 Å². The van der Waals surface area contributed by atoms with Gasteiger partial charge in [-0.3, -0.25) is 0 Å². The van der Waals surface area contributed by atoms with Crippen molar-refractivity contribution in [3.8, 4) is 0 Å². The Morgan fingerprint density at radius 3 is 1.85 bits per heavy atom. The van der Waals surface area contributed by atoms with E-state index in [0.717, 1.165) is 11.8 Å². The summed E-state index contributed by atoms with van der Waals surface area (Å²) in [6.45, 7) is 7.42. The third-order valence-corrected chi connectivity index (χ3v) is 4.48. The maximum Gasteiger partial charge on any atom is 0.0480 e. The highest BCUT2D eigenvalue weighted by Crippen LogP contribution is 2.49. The van der Waals surface area contributed by atoms with E-state index in [-0.39, 0.29) is 0 Å². The van der Waals surface area contributed by atoms with Crippen LogP contribution >= 0.6 is 0 Å². The molecule has 2 saturated carbocycles. The molecule has 0 aromatic carbocycles. The fourth-order valence-electron chi connectivity index (χ4n) is 1.92. The first-order chi connectivity index (χ1) is 6.06. The SMILES string of the molecule is C[Si](C)(C)CC=C(C1CC1)C1CC1. The van der Waals surface area contributed by atoms with Crippen molar-refractivity contribution >= 4 is 8.07 Å². The van der Waals surface area contributed by atoms with Gasteiger partial charge in [-0.1, -0.05) is 31.3 Å². The summed E-state index contributed by atoms with van der Waals surface area (Å²) in [5, 5.41) is 0. The lowest BCUT2D eigenvalue weighted by molar-refractivity contribution is 0.851. The summed E-state index contributed by atoms with van der Waals surface area (Å²) in [7, 11) is -0.833. The van der Waals surface area contributed by atoms with Gasteiger partial charge in [-0.2, -0.15) is 0 Å². The molecular formula is C12H22Si. The van der Waals surface area contributed by atoms with Crippen LogP contribution in [0.1, 0.15) is 25.7 Å². The standard InChI is InChI=1S/C12H22Si/c1-13(2,3)9-8-12(10-4-5-10)11-6-7-11/h8,10-11H,4-7,9H2,1-3H3. The lowest BCUT2D eigenvalue weighted by atomic mass is 10.1. The molecule has 13 heavy (non-hydrogen) atoms. The van der Waals surface area contributed by atoms with Gasteiger partial charge in [-0.15, -0.1) is 0 Å². The Morgan fingerprint density at radius 2 is 1.54 bits per heavy atom. The smallest absolute Gasteiger partial charge is 0.0480 e. The highest BCUT2D eigenvalue weighted by molar-refractivity contribution is 6.76. The van der Waals surface area contributed by atoms with Gasteiger partial charge < -0.3 is 0 Å². The van der Waals surface area contributed by atoms with Crippen molar-refractivity contribution in [2.24, 2.45) is 11.8 Å². The van der Waals surface area contributed by atoms with E-state index >= 15 is 0 Å². The van der Waals surface area contributed by atoms with E-state index in [1.54, 1.807) is 0 Å². The molecule has 0 aromatic rings. The summed E-state index contributed by atoms with van der Waals surface area (Å²) in [5.41, 5.74) is 1.86. The van der Waals surface area contributed by atoms with Crippen molar-refractivity contribution in [2.45, 2.75) is 51.4 Å². The molecule has 2 fully saturated rings. The third-order valence-electron chi connectivity index (χ3n) is 3.05. The van der Waals surface area contributed by atoms with Gasteiger partial charge in [0.05, 0.1) is 0 Å². The predicted octanol–water partition coefficient (Wildman–Crippen LogP) is 4.07. The van der Waals surface area contributed by atoms with Crippen molar-refractivity contribution in [1.29, 1.82) is 0 Å². The predicted molar refractivity (Wildman–Crippen MR) is 61.7 cm³/mol. The van der Waals surface area contributed by atoms with E-state index in [2.05, 4.69) is 25.7 Å². The lowest BCUT2D eigenvalue weighted by Gasteiger charge is -2.14. The summed E-state index contributed by atoms with van der Waals surface area (Å²) in [5.74, 6) is 2.06. The van der Waals surface area contributed by atoms with E-state index in [0.29, 0.717) is 0 Å². The molecule has 0 amide bonds. The van der Waals surface area contributed by atoms with Crippen LogP contribution in [0.5, 0.6) is 0 Å². The van der Waals surface area contributed by atoms with Gasteiger partial charge in [0.15, 0.2) is 0 Å². The summed E-state index contributed by atoms with van der Waals surface area (Å²) in [4.78, 5) is 0. The van der Waals surface area contributed by atoms with Crippen LogP contribution in [0.25, 0.3) is 0 Å². The second-order valence-corrected chi connectivity index (χ2v) is 11.5. The van der Waals surface area contributed by atoms with Crippen LogP contribution in [-0.4, -0.2) is 8.07 Å². The summed E-state index contributed by atoms with van der Waals surface area (Å²) < 4.78 is 0. The van der Waals surface area contributed by atoms with Gasteiger partial charge >= 0.3 is 0 Å². The van der Waals surface area contributed by atoms with E-state index in [1.165, 1.54) is 31.7 Å². The summed E-state index contributed by atoms with van der Waals surface area (Å²) >= 11 is 0. The molecule has 0 N–H and O–H groups in total. The van der Waals surface area contributed by atoms with Crippen LogP contribution in [0.15, 0.2) is 11.6 Å². The molecular weight excluding hydrogens is 172 g/mol. The lowest BCUT2D eigenvalue weighted by Crippen LogP contribution is -2.17. The molecule has 0 unspecified atom stereocenters. The minimum Gasteiger partial charge on any atom is -0.0874 e. The van der Waals surface area contributed by atoms with Gasteiger partial charge in [-0.25, -0.2) is 0 Å². The van der Waals surface area contributed by atoms with Crippen LogP contribution in [0, 0.1) is 11.8 Å². The Labute approximate surface area is 83.4 Å². The number of rotatable bonds is 4. The Kier molecular flexibility index (Phi) is 2.39. The number of hydrogen-bond donors (Lipinski definition) is 0. The van der Waals surface area contributed by atoms with Crippen molar-refractivity contribution in [2.75, 3.05) is 0 Å². The van der Waals surface area contributed by atoms with Crippen LogP contribution in [0.4, 0.5) is 0 Å². The number of hydrogen-bond acceptors (Lipinski definition) is 0. The monoisotopic (exact) mass is 194 g/mol. The zero-order valence-corrected chi connectivity index (χ0v) is 10.3. The van der Waals surface area contributed by atoms with Crippen molar-refractivity contribution in [1.82, 2.24) is 0 Å². The second-order valence-electron chi connectivity index (χ2n) is 6.02. The minimum absolute atomic E-state index is 0.833. The Balaban J connectivity index is 1.93. The molecule has 2 aliphatic carbocycles. The molecule has 0 aliphatic heterocycles. The quantitative estimate of drug-likeness (QED) is 0.467. The topological polar surface area (TPSA) is 0 Å². The Morgan fingerprint density at radius 1 is 1.08 bits per heavy atom. The largest absolute Gasteiger partial charge is 0.0874 e. The average Bonchev–Trinajstić information content (AvgIpc) is 2.80. The molecule has 0 bridgehead atoms. The Hall–Kier alpha value is -0.0431. The molecule has 0 saturated heterocycles. The van der Waals surface area contributed by atoms with Gasteiger partial charge in [0.2, 0.25) is 0 Å². The van der Waals surface area contributed by atoms with Crippen LogP contribution < -0.4 is 0 Å². The number of allylic oxidation sites excluding steroid dienone is 2. The normalized spacial score (nSPS) is 23.0. The fourth-order valence-corrected chi connectivity index (χ4v) is 2.77.